The molecule has 164 valence electrons. The van der Waals surface area contributed by atoms with Crippen molar-refractivity contribution < 1.29 is 22.7 Å². The quantitative estimate of drug-likeness (QED) is 0.490. The van der Waals surface area contributed by atoms with Gasteiger partial charge in [-0.15, -0.1) is 0 Å². The highest BCUT2D eigenvalue weighted by atomic mass is 32.1. The van der Waals surface area contributed by atoms with E-state index < -0.39 is 28.8 Å². The number of methoxy groups -OCH3 is 1. The third-order valence-corrected chi connectivity index (χ3v) is 5.50. The van der Waals surface area contributed by atoms with Gasteiger partial charge in [-0.1, -0.05) is 23.5 Å². The lowest BCUT2D eigenvalue weighted by Crippen LogP contribution is -2.27. The first kappa shape index (κ1) is 21.5. The van der Waals surface area contributed by atoms with Crippen LogP contribution >= 0.6 is 11.3 Å². The molecule has 0 saturated carbocycles. The second-order valence-electron chi connectivity index (χ2n) is 6.64. The summed E-state index contributed by atoms with van der Waals surface area (Å²) >= 11 is 1.17. The first-order valence-corrected chi connectivity index (χ1v) is 10.1. The van der Waals surface area contributed by atoms with Gasteiger partial charge in [0.2, 0.25) is 4.96 Å². The molecule has 0 aliphatic carbocycles. The number of hydrogen-bond donors (Lipinski definition) is 1. The van der Waals surface area contributed by atoms with Crippen molar-refractivity contribution in [2.75, 3.05) is 7.11 Å². The lowest BCUT2D eigenvalue weighted by molar-refractivity contribution is -0.137. The zero-order valence-corrected chi connectivity index (χ0v) is 17.3. The van der Waals surface area contributed by atoms with Crippen LogP contribution in [-0.2, 0) is 12.7 Å². The lowest BCUT2D eigenvalue weighted by Gasteiger charge is -2.12. The summed E-state index contributed by atoms with van der Waals surface area (Å²) in [6.07, 6.45) is -4.66. The Kier molecular flexibility index (Phi) is 5.66. The highest BCUT2D eigenvalue weighted by Crippen LogP contribution is 2.32. The highest BCUT2D eigenvalue weighted by molar-refractivity contribution is 7.19. The second-order valence-corrected chi connectivity index (χ2v) is 7.60. The van der Waals surface area contributed by atoms with Gasteiger partial charge in [-0.2, -0.15) is 22.8 Å². The number of ether oxygens (including phenoxy) is 1. The van der Waals surface area contributed by atoms with Crippen LogP contribution in [0.25, 0.3) is 15.5 Å². The molecular formula is C21H15F3N4O3S. The monoisotopic (exact) mass is 460 g/mol. The van der Waals surface area contributed by atoms with Crippen molar-refractivity contribution in [3.8, 4) is 16.3 Å². The van der Waals surface area contributed by atoms with Crippen LogP contribution in [-0.4, -0.2) is 27.6 Å². The number of nitrogens with zero attached hydrogens (tertiary/aromatic N) is 3. The maximum Gasteiger partial charge on any atom is 0.417 e. The van der Waals surface area contributed by atoms with Crippen molar-refractivity contribution in [1.29, 1.82) is 0 Å². The molecule has 11 heteroatoms. The fourth-order valence-electron chi connectivity index (χ4n) is 2.99. The molecule has 0 radical (unpaired) electrons. The number of nitrogens with one attached hydrogen (secondary N) is 1. The highest BCUT2D eigenvalue weighted by Gasteiger charge is 2.34. The molecule has 0 aliphatic heterocycles. The molecule has 4 rings (SSSR count). The Morgan fingerprint density at radius 1 is 1.16 bits per heavy atom. The zero-order chi connectivity index (χ0) is 22.9. The average molecular weight is 460 g/mol. The third-order valence-electron chi connectivity index (χ3n) is 4.54. The van der Waals surface area contributed by atoms with Gasteiger partial charge in [-0.3, -0.25) is 9.59 Å². The first-order chi connectivity index (χ1) is 15.3. The summed E-state index contributed by atoms with van der Waals surface area (Å²) in [4.78, 5) is 29.4. The van der Waals surface area contributed by atoms with Crippen molar-refractivity contribution in [2.24, 2.45) is 0 Å². The number of aromatic nitrogens is 3. The summed E-state index contributed by atoms with van der Waals surface area (Å²) in [5.74, 6) is -0.238. The smallest absolute Gasteiger partial charge is 0.417 e. The van der Waals surface area contributed by atoms with E-state index in [0.29, 0.717) is 15.7 Å². The fraction of sp³-hybridized carbons (Fsp3) is 0.143. The summed E-state index contributed by atoms with van der Waals surface area (Å²) in [5.41, 5.74) is -1.03. The van der Waals surface area contributed by atoms with Crippen molar-refractivity contribution in [1.82, 2.24) is 19.9 Å². The SMILES string of the molecule is COc1ccc(-c2nn3c(=O)cc(CNC(=O)c4ccccc4C(F)(F)F)nc3s2)cc1. The first-order valence-electron chi connectivity index (χ1n) is 9.25. The van der Waals surface area contributed by atoms with E-state index in [4.69, 9.17) is 4.74 Å². The van der Waals surface area contributed by atoms with Gasteiger partial charge in [-0.25, -0.2) is 4.98 Å². The molecule has 4 aromatic rings. The van der Waals surface area contributed by atoms with Crippen molar-refractivity contribution in [3.63, 3.8) is 0 Å². The van der Waals surface area contributed by atoms with E-state index >= 15 is 0 Å². The van der Waals surface area contributed by atoms with Crippen LogP contribution in [0.1, 0.15) is 21.6 Å². The number of carbonyl (C=O) groups excluding carboxylic acids is 1. The number of carbonyl (C=O) groups is 1. The average Bonchev–Trinajstić information content (AvgIpc) is 3.22. The topological polar surface area (TPSA) is 85.6 Å². The van der Waals surface area contributed by atoms with E-state index in [0.717, 1.165) is 22.2 Å². The maximum atomic E-state index is 13.1. The number of halogens is 3. The number of hydrogen-bond acceptors (Lipinski definition) is 6. The number of rotatable bonds is 5. The van der Waals surface area contributed by atoms with E-state index in [9.17, 15) is 22.8 Å². The van der Waals surface area contributed by atoms with Crippen molar-refractivity contribution in [2.45, 2.75) is 12.7 Å². The zero-order valence-electron chi connectivity index (χ0n) is 16.5. The van der Waals surface area contributed by atoms with Gasteiger partial charge >= 0.3 is 6.18 Å². The fourth-order valence-corrected chi connectivity index (χ4v) is 3.92. The van der Waals surface area contributed by atoms with E-state index in [1.54, 1.807) is 31.4 Å². The van der Waals surface area contributed by atoms with Gasteiger partial charge in [-0.05, 0) is 36.4 Å². The van der Waals surface area contributed by atoms with Crippen LogP contribution in [0.5, 0.6) is 5.75 Å². The standard InChI is InChI=1S/C21H15F3N4O3S/c1-31-14-8-6-12(7-9-14)19-27-28-17(29)10-13(26-20(28)32-19)11-25-18(30)15-4-2-3-5-16(15)21(22,23)24/h2-10H,11H2,1H3,(H,25,30). The Bertz CT molecular complexity index is 1350. The molecular weight excluding hydrogens is 445 g/mol. The molecule has 0 spiro atoms. The molecule has 32 heavy (non-hydrogen) atoms. The molecule has 0 unspecified atom stereocenters. The molecule has 2 aromatic heterocycles. The van der Waals surface area contributed by atoms with E-state index in [1.807, 2.05) is 0 Å². The van der Waals surface area contributed by atoms with Gasteiger partial charge in [0.15, 0.2) is 0 Å². The van der Waals surface area contributed by atoms with E-state index in [1.165, 1.54) is 29.5 Å². The number of alkyl halides is 3. The third kappa shape index (κ3) is 4.33. The molecule has 0 saturated heterocycles. The Morgan fingerprint density at radius 2 is 1.88 bits per heavy atom. The summed E-state index contributed by atoms with van der Waals surface area (Å²) in [6, 6.07) is 12.8. The minimum Gasteiger partial charge on any atom is -0.497 e. The van der Waals surface area contributed by atoms with Gasteiger partial charge in [0, 0.05) is 11.6 Å². The molecule has 0 aliphatic rings. The van der Waals surface area contributed by atoms with Crippen LogP contribution in [0, 0.1) is 0 Å². The van der Waals surface area contributed by atoms with Gasteiger partial charge in [0.1, 0.15) is 10.8 Å². The van der Waals surface area contributed by atoms with E-state index in [2.05, 4.69) is 15.4 Å². The molecule has 0 fully saturated rings. The van der Waals surface area contributed by atoms with Crippen LogP contribution in [0.3, 0.4) is 0 Å². The van der Waals surface area contributed by atoms with Gasteiger partial charge in [0.25, 0.3) is 11.5 Å². The molecule has 2 heterocycles. The van der Waals surface area contributed by atoms with Crippen LogP contribution < -0.4 is 15.6 Å². The van der Waals surface area contributed by atoms with Crippen LogP contribution in [0.4, 0.5) is 13.2 Å². The Morgan fingerprint density at radius 3 is 2.56 bits per heavy atom. The molecule has 1 amide bonds. The van der Waals surface area contributed by atoms with Crippen LogP contribution in [0.2, 0.25) is 0 Å². The summed E-state index contributed by atoms with van der Waals surface area (Å²) in [7, 11) is 1.55. The van der Waals surface area contributed by atoms with E-state index in [-0.39, 0.29) is 12.2 Å². The Labute approximate surface area is 183 Å². The van der Waals surface area contributed by atoms with Gasteiger partial charge in [0.05, 0.1) is 30.5 Å². The number of fused-ring (bicyclic) bond motifs is 1. The Hall–Kier alpha value is -3.73. The number of amides is 1. The lowest BCUT2D eigenvalue weighted by atomic mass is 10.1. The molecule has 1 N–H and O–H groups in total. The Balaban J connectivity index is 1.57. The normalized spacial score (nSPS) is 11.5. The molecule has 0 bridgehead atoms. The molecule has 2 aromatic carbocycles. The summed E-state index contributed by atoms with van der Waals surface area (Å²) in [6.45, 7) is -0.216. The minimum absolute atomic E-state index is 0.206. The summed E-state index contributed by atoms with van der Waals surface area (Å²) in [5, 5.41) is 7.21. The molecule has 7 nitrogen and oxygen atoms in total. The van der Waals surface area contributed by atoms with Gasteiger partial charge < -0.3 is 10.1 Å². The second kappa shape index (κ2) is 8.42. The number of benzene rings is 2. The largest absolute Gasteiger partial charge is 0.497 e. The predicted octanol–water partition coefficient (Wildman–Crippen LogP) is 3.78. The molecule has 0 atom stereocenters. The van der Waals surface area contributed by atoms with Crippen LogP contribution in [0.15, 0.2) is 59.4 Å². The van der Waals surface area contributed by atoms with Crippen molar-refractivity contribution >= 4 is 22.2 Å². The minimum atomic E-state index is -4.66. The van der Waals surface area contributed by atoms with Crippen molar-refractivity contribution in [3.05, 3.63) is 81.8 Å². The predicted molar refractivity (Wildman–Crippen MR) is 112 cm³/mol. The maximum absolute atomic E-state index is 13.1. The summed E-state index contributed by atoms with van der Waals surface area (Å²) < 4.78 is 45.7.